The molecule has 3 aromatic rings. The molecule has 6 nitrogen and oxygen atoms in total. The quantitative estimate of drug-likeness (QED) is 0.717. The minimum absolute atomic E-state index is 0.166. The number of nitrogens with zero attached hydrogens (tertiary/aromatic N) is 4. The second kappa shape index (κ2) is 7.34. The number of hydrogen-bond donors (Lipinski definition) is 1. The summed E-state index contributed by atoms with van der Waals surface area (Å²) in [6.45, 7) is 0.384. The van der Waals surface area contributed by atoms with Crippen LogP contribution in [-0.4, -0.2) is 38.0 Å². The van der Waals surface area contributed by atoms with E-state index in [2.05, 4.69) is 31.3 Å². The van der Waals surface area contributed by atoms with Gasteiger partial charge in [0.1, 0.15) is 18.5 Å². The molecule has 0 amide bonds. The zero-order valence-corrected chi connectivity index (χ0v) is 13.8. The van der Waals surface area contributed by atoms with Gasteiger partial charge in [-0.3, -0.25) is 0 Å². The van der Waals surface area contributed by atoms with E-state index in [1.807, 2.05) is 54.6 Å². The van der Waals surface area contributed by atoms with Gasteiger partial charge >= 0.3 is 0 Å². The van der Waals surface area contributed by atoms with Gasteiger partial charge in [0.05, 0.1) is 6.54 Å². The van der Waals surface area contributed by atoms with E-state index in [9.17, 15) is 5.11 Å². The largest absolute Gasteiger partial charge is 0.491 e. The second-order valence-corrected chi connectivity index (χ2v) is 5.87. The molecule has 0 aliphatic carbocycles. The first kappa shape index (κ1) is 15.6. The number of aliphatic hydroxyl groups excluding tert-OH is 1. The van der Waals surface area contributed by atoms with Gasteiger partial charge in [0.15, 0.2) is 0 Å². The van der Waals surface area contributed by atoms with Crippen LogP contribution in [-0.2, 0) is 6.54 Å². The molecule has 0 saturated heterocycles. The topological polar surface area (TPSA) is 73.1 Å². The molecule has 0 fully saturated rings. The summed E-state index contributed by atoms with van der Waals surface area (Å²) >= 11 is 3.38. The lowest BCUT2D eigenvalue weighted by Gasteiger charge is -2.11. The van der Waals surface area contributed by atoms with Gasteiger partial charge in [0.25, 0.3) is 0 Å². The highest BCUT2D eigenvalue weighted by molar-refractivity contribution is 9.10. The number of aromatic nitrogens is 4. The Hall–Kier alpha value is -2.25. The van der Waals surface area contributed by atoms with E-state index in [0.717, 1.165) is 10.0 Å². The third kappa shape index (κ3) is 4.37. The lowest BCUT2D eigenvalue weighted by molar-refractivity contribution is 0.0850. The summed E-state index contributed by atoms with van der Waals surface area (Å²) in [4.78, 5) is 1.37. The Morgan fingerprint density at radius 2 is 1.83 bits per heavy atom. The maximum absolute atomic E-state index is 10.0. The molecule has 1 N–H and O–H groups in total. The van der Waals surface area contributed by atoms with Crippen LogP contribution < -0.4 is 4.74 Å². The van der Waals surface area contributed by atoms with Crippen molar-refractivity contribution in [3.05, 3.63) is 59.1 Å². The fourth-order valence-electron chi connectivity index (χ4n) is 1.99. The Labute approximate surface area is 141 Å². The number of hydrogen-bond acceptors (Lipinski definition) is 5. The van der Waals surface area contributed by atoms with E-state index in [4.69, 9.17) is 4.74 Å². The maximum atomic E-state index is 10.0. The highest BCUT2D eigenvalue weighted by Crippen LogP contribution is 2.17. The summed E-state index contributed by atoms with van der Waals surface area (Å²) in [6, 6.07) is 17.0. The summed E-state index contributed by atoms with van der Waals surface area (Å²) in [7, 11) is 0. The molecule has 1 heterocycles. The molecule has 0 bridgehead atoms. The molecular weight excluding hydrogens is 360 g/mol. The van der Waals surface area contributed by atoms with Crippen molar-refractivity contribution in [2.24, 2.45) is 0 Å². The van der Waals surface area contributed by atoms with Crippen molar-refractivity contribution in [3.8, 4) is 17.1 Å². The van der Waals surface area contributed by atoms with Crippen molar-refractivity contribution in [3.63, 3.8) is 0 Å². The Bertz CT molecular complexity index is 746. The van der Waals surface area contributed by atoms with E-state index >= 15 is 0 Å². The lowest BCUT2D eigenvalue weighted by atomic mass is 10.2. The van der Waals surface area contributed by atoms with Crippen molar-refractivity contribution in [2.45, 2.75) is 12.6 Å². The predicted molar refractivity (Wildman–Crippen MR) is 88.9 cm³/mol. The SMILES string of the molecule is OC(COc1ccccc1)Cn1nnc(-c2ccc(Br)cc2)n1. The molecule has 1 atom stereocenters. The minimum atomic E-state index is -0.720. The third-order valence-corrected chi connectivity index (χ3v) is 3.64. The number of aliphatic hydroxyl groups is 1. The van der Waals surface area contributed by atoms with Crippen LogP contribution >= 0.6 is 15.9 Å². The molecule has 23 heavy (non-hydrogen) atoms. The molecule has 0 radical (unpaired) electrons. The number of halogens is 1. The van der Waals surface area contributed by atoms with Crippen molar-refractivity contribution in [1.82, 2.24) is 20.2 Å². The first-order valence-electron chi connectivity index (χ1n) is 7.10. The predicted octanol–water partition coefficient (Wildman–Crippen LogP) is 2.54. The van der Waals surface area contributed by atoms with Gasteiger partial charge < -0.3 is 9.84 Å². The molecule has 7 heteroatoms. The third-order valence-electron chi connectivity index (χ3n) is 3.11. The first-order chi connectivity index (χ1) is 11.2. The molecule has 0 saturated carbocycles. The van der Waals surface area contributed by atoms with Gasteiger partial charge in [-0.1, -0.05) is 34.1 Å². The summed E-state index contributed by atoms with van der Waals surface area (Å²) in [5.41, 5.74) is 0.870. The normalized spacial score (nSPS) is 12.1. The van der Waals surface area contributed by atoms with Crippen LogP contribution in [0.2, 0.25) is 0 Å². The Morgan fingerprint density at radius 3 is 2.57 bits per heavy atom. The van der Waals surface area contributed by atoms with E-state index < -0.39 is 6.10 Å². The smallest absolute Gasteiger partial charge is 0.204 e. The number of tetrazole rings is 1. The van der Waals surface area contributed by atoms with Crippen LogP contribution in [0.15, 0.2) is 59.1 Å². The highest BCUT2D eigenvalue weighted by Gasteiger charge is 2.11. The second-order valence-electron chi connectivity index (χ2n) is 4.95. The lowest BCUT2D eigenvalue weighted by Crippen LogP contribution is -2.24. The standard InChI is InChI=1S/C16H15BrN4O2/c17-13-8-6-12(7-9-13)16-18-20-21(19-16)10-14(22)11-23-15-4-2-1-3-5-15/h1-9,14,22H,10-11H2. The number of benzene rings is 2. The fraction of sp³-hybridized carbons (Fsp3) is 0.188. The molecule has 0 aliphatic heterocycles. The van der Waals surface area contributed by atoms with Gasteiger partial charge in [0, 0.05) is 10.0 Å². The number of ether oxygens (including phenoxy) is 1. The van der Waals surface area contributed by atoms with Gasteiger partial charge in [-0.25, -0.2) is 0 Å². The first-order valence-corrected chi connectivity index (χ1v) is 7.89. The molecular formula is C16H15BrN4O2. The molecule has 0 spiro atoms. The van der Waals surface area contributed by atoms with Crippen LogP contribution in [0, 0.1) is 0 Å². The zero-order valence-electron chi connectivity index (χ0n) is 12.2. The molecule has 2 aromatic carbocycles. The van der Waals surface area contributed by atoms with Gasteiger partial charge in [-0.05, 0) is 41.6 Å². The number of rotatable bonds is 6. The summed E-state index contributed by atoms with van der Waals surface area (Å²) in [5.74, 6) is 1.24. The minimum Gasteiger partial charge on any atom is -0.491 e. The molecule has 1 aromatic heterocycles. The highest BCUT2D eigenvalue weighted by atomic mass is 79.9. The molecule has 1 unspecified atom stereocenters. The van der Waals surface area contributed by atoms with Gasteiger partial charge in [-0.15, -0.1) is 10.2 Å². The Kier molecular flexibility index (Phi) is 4.99. The van der Waals surface area contributed by atoms with Crippen LogP contribution in [0.4, 0.5) is 0 Å². The maximum Gasteiger partial charge on any atom is 0.204 e. The molecule has 118 valence electrons. The van der Waals surface area contributed by atoms with Crippen LogP contribution in [0.3, 0.4) is 0 Å². The van der Waals surface area contributed by atoms with E-state index in [1.54, 1.807) is 0 Å². The average Bonchev–Trinajstić information content (AvgIpc) is 3.03. The van der Waals surface area contributed by atoms with Crippen LogP contribution in [0.25, 0.3) is 11.4 Å². The van der Waals surface area contributed by atoms with E-state index in [0.29, 0.717) is 11.6 Å². The number of para-hydroxylation sites is 1. The van der Waals surface area contributed by atoms with Crippen LogP contribution in [0.5, 0.6) is 5.75 Å². The Morgan fingerprint density at radius 1 is 1.09 bits per heavy atom. The fourth-order valence-corrected chi connectivity index (χ4v) is 2.25. The zero-order chi connectivity index (χ0) is 16.1. The van der Waals surface area contributed by atoms with Crippen molar-refractivity contribution >= 4 is 15.9 Å². The van der Waals surface area contributed by atoms with Crippen LogP contribution in [0.1, 0.15) is 0 Å². The average molecular weight is 375 g/mol. The van der Waals surface area contributed by atoms with Crippen molar-refractivity contribution < 1.29 is 9.84 Å². The molecule has 0 aliphatic rings. The van der Waals surface area contributed by atoms with Gasteiger partial charge in [0.2, 0.25) is 5.82 Å². The summed E-state index contributed by atoms with van der Waals surface area (Å²) < 4.78 is 6.49. The summed E-state index contributed by atoms with van der Waals surface area (Å²) in [5, 5.41) is 22.2. The van der Waals surface area contributed by atoms with Gasteiger partial charge in [-0.2, -0.15) is 4.80 Å². The summed E-state index contributed by atoms with van der Waals surface area (Å²) in [6.07, 6.45) is -0.720. The molecule has 3 rings (SSSR count). The van der Waals surface area contributed by atoms with Crippen molar-refractivity contribution in [1.29, 1.82) is 0 Å². The van der Waals surface area contributed by atoms with Crippen molar-refractivity contribution in [2.75, 3.05) is 6.61 Å². The Balaban J connectivity index is 1.57. The van der Waals surface area contributed by atoms with E-state index in [1.165, 1.54) is 4.80 Å². The monoisotopic (exact) mass is 374 g/mol. The van der Waals surface area contributed by atoms with E-state index in [-0.39, 0.29) is 13.2 Å².